The molecule has 29 heavy (non-hydrogen) atoms. The Bertz CT molecular complexity index is 709. The van der Waals surface area contributed by atoms with Gasteiger partial charge in [-0.2, -0.15) is 0 Å². The van der Waals surface area contributed by atoms with Gasteiger partial charge in [-0.1, -0.05) is 6.07 Å². The second-order valence-electron chi connectivity index (χ2n) is 8.73. The van der Waals surface area contributed by atoms with Crippen LogP contribution in [0.3, 0.4) is 0 Å². The minimum atomic E-state index is -0.545. The number of hydrogen-bond donors (Lipinski definition) is 1. The number of benzene rings is 1. The first kappa shape index (κ1) is 21.4. The zero-order chi connectivity index (χ0) is 20.9. The van der Waals surface area contributed by atoms with E-state index >= 15 is 0 Å². The maximum Gasteiger partial charge on any atom is 0.410 e. The standard InChI is InChI=1S/C22H32N2O5/c1-22(2,3)29-21(26)24-11-5-7-16(14-24)20(25)23-17-8-4-9-18(13-17)28-15-19-10-6-12-27-19/h4,8-9,13,16,19H,5-7,10-12,14-15H2,1-3H3,(H,23,25)/t16-,19+/m0/s1. The summed E-state index contributed by atoms with van der Waals surface area (Å²) in [6.07, 6.45) is 3.41. The third-order valence-corrected chi connectivity index (χ3v) is 5.01. The predicted octanol–water partition coefficient (Wildman–Crippen LogP) is 3.83. The quantitative estimate of drug-likeness (QED) is 0.807. The molecular formula is C22H32N2O5. The van der Waals surface area contributed by atoms with Gasteiger partial charge in [0.05, 0.1) is 12.0 Å². The number of amides is 2. The highest BCUT2D eigenvalue weighted by molar-refractivity contribution is 5.93. The molecule has 7 nitrogen and oxygen atoms in total. The molecule has 0 bridgehead atoms. The highest BCUT2D eigenvalue weighted by atomic mass is 16.6. The Hall–Kier alpha value is -2.28. The second-order valence-corrected chi connectivity index (χ2v) is 8.73. The first-order valence-corrected chi connectivity index (χ1v) is 10.4. The van der Waals surface area contributed by atoms with E-state index in [1.807, 2.05) is 45.0 Å². The maximum absolute atomic E-state index is 12.7. The molecule has 1 aromatic rings. The van der Waals surface area contributed by atoms with Crippen molar-refractivity contribution in [2.24, 2.45) is 5.92 Å². The molecule has 2 aliphatic rings. The fourth-order valence-electron chi connectivity index (χ4n) is 3.56. The summed E-state index contributed by atoms with van der Waals surface area (Å²) in [7, 11) is 0. The predicted molar refractivity (Wildman–Crippen MR) is 110 cm³/mol. The molecule has 2 atom stereocenters. The van der Waals surface area contributed by atoms with E-state index in [1.54, 1.807) is 4.90 Å². The molecule has 0 aliphatic carbocycles. The first-order chi connectivity index (χ1) is 13.8. The number of rotatable bonds is 5. The Morgan fingerprint density at radius 2 is 2.07 bits per heavy atom. The van der Waals surface area contributed by atoms with Gasteiger partial charge in [0.2, 0.25) is 5.91 Å². The number of nitrogens with zero attached hydrogens (tertiary/aromatic N) is 1. The van der Waals surface area contributed by atoms with Crippen molar-refractivity contribution in [3.05, 3.63) is 24.3 Å². The average Bonchev–Trinajstić information content (AvgIpc) is 3.19. The van der Waals surface area contributed by atoms with E-state index in [0.717, 1.165) is 32.3 Å². The molecule has 0 saturated carbocycles. The first-order valence-electron chi connectivity index (χ1n) is 10.4. The van der Waals surface area contributed by atoms with E-state index in [1.165, 1.54) is 0 Å². The van der Waals surface area contributed by atoms with Gasteiger partial charge in [0.1, 0.15) is 18.0 Å². The lowest BCUT2D eigenvalue weighted by molar-refractivity contribution is -0.121. The molecule has 2 amide bonds. The Morgan fingerprint density at radius 3 is 2.79 bits per heavy atom. The van der Waals surface area contributed by atoms with Crippen LogP contribution >= 0.6 is 0 Å². The number of carbonyl (C=O) groups is 2. The van der Waals surface area contributed by atoms with Crippen molar-refractivity contribution in [2.45, 2.75) is 58.2 Å². The summed E-state index contributed by atoms with van der Waals surface area (Å²) < 4.78 is 16.8. The molecule has 7 heteroatoms. The lowest BCUT2D eigenvalue weighted by atomic mass is 9.97. The fraction of sp³-hybridized carbons (Fsp3) is 0.636. The van der Waals surface area contributed by atoms with E-state index in [9.17, 15) is 9.59 Å². The molecule has 1 aromatic carbocycles. The van der Waals surface area contributed by atoms with E-state index in [4.69, 9.17) is 14.2 Å². The number of hydrogen-bond acceptors (Lipinski definition) is 5. The molecular weight excluding hydrogens is 372 g/mol. The molecule has 0 unspecified atom stereocenters. The Balaban J connectivity index is 1.52. The Labute approximate surface area is 172 Å². The highest BCUT2D eigenvalue weighted by Gasteiger charge is 2.31. The summed E-state index contributed by atoms with van der Waals surface area (Å²) in [5, 5.41) is 2.96. The van der Waals surface area contributed by atoms with Gasteiger partial charge in [0.15, 0.2) is 0 Å². The summed E-state index contributed by atoms with van der Waals surface area (Å²) in [5.41, 5.74) is 0.144. The van der Waals surface area contributed by atoms with Crippen molar-refractivity contribution in [1.29, 1.82) is 0 Å². The van der Waals surface area contributed by atoms with E-state index in [2.05, 4.69) is 5.32 Å². The molecule has 1 N–H and O–H groups in total. The Kier molecular flexibility index (Phi) is 7.00. The topological polar surface area (TPSA) is 77.1 Å². The van der Waals surface area contributed by atoms with Gasteiger partial charge in [-0.15, -0.1) is 0 Å². The van der Waals surface area contributed by atoms with E-state index < -0.39 is 5.60 Å². The van der Waals surface area contributed by atoms with Gasteiger partial charge >= 0.3 is 6.09 Å². The number of ether oxygens (including phenoxy) is 3. The molecule has 3 rings (SSSR count). The third-order valence-electron chi connectivity index (χ3n) is 5.01. The normalized spacial score (nSPS) is 22.2. The van der Waals surface area contributed by atoms with Gasteiger partial charge in [-0.25, -0.2) is 4.79 Å². The van der Waals surface area contributed by atoms with Crippen LogP contribution in [0, 0.1) is 5.92 Å². The molecule has 160 valence electrons. The molecule has 2 saturated heterocycles. The van der Waals surface area contributed by atoms with Crippen LogP contribution < -0.4 is 10.1 Å². The van der Waals surface area contributed by atoms with Crippen LogP contribution in [-0.2, 0) is 14.3 Å². The summed E-state index contributed by atoms with van der Waals surface area (Å²) in [6.45, 7) is 7.82. The van der Waals surface area contributed by atoms with Crippen molar-refractivity contribution in [2.75, 3.05) is 31.6 Å². The lowest BCUT2D eigenvalue weighted by Crippen LogP contribution is -2.45. The summed E-state index contributed by atoms with van der Waals surface area (Å²) in [6, 6.07) is 7.39. The Morgan fingerprint density at radius 1 is 1.24 bits per heavy atom. The second kappa shape index (κ2) is 9.48. The van der Waals surface area contributed by atoms with Gasteiger partial charge in [-0.05, 0) is 58.6 Å². The van der Waals surface area contributed by atoms with Gasteiger partial charge in [0, 0.05) is 31.5 Å². The summed E-state index contributed by atoms with van der Waals surface area (Å²) in [4.78, 5) is 26.7. The molecule has 2 aliphatic heterocycles. The zero-order valence-corrected chi connectivity index (χ0v) is 17.6. The summed E-state index contributed by atoms with van der Waals surface area (Å²) in [5.74, 6) is 0.361. The average molecular weight is 405 g/mol. The number of carbonyl (C=O) groups excluding carboxylic acids is 2. The van der Waals surface area contributed by atoms with Crippen molar-refractivity contribution < 1.29 is 23.8 Å². The highest BCUT2D eigenvalue weighted by Crippen LogP contribution is 2.23. The molecule has 0 spiro atoms. The number of piperidine rings is 1. The van der Waals surface area contributed by atoms with Gasteiger partial charge in [-0.3, -0.25) is 4.79 Å². The molecule has 0 radical (unpaired) electrons. The van der Waals surface area contributed by atoms with E-state index in [-0.39, 0.29) is 24.0 Å². The summed E-state index contributed by atoms with van der Waals surface area (Å²) >= 11 is 0. The zero-order valence-electron chi connectivity index (χ0n) is 17.6. The van der Waals surface area contributed by atoms with Crippen LogP contribution in [0.5, 0.6) is 5.75 Å². The number of likely N-dealkylation sites (tertiary alicyclic amines) is 1. The van der Waals surface area contributed by atoms with Crippen LogP contribution in [0.25, 0.3) is 0 Å². The van der Waals surface area contributed by atoms with Crippen LogP contribution in [0.15, 0.2) is 24.3 Å². The molecule has 2 heterocycles. The van der Waals surface area contributed by atoms with Crippen molar-refractivity contribution in [1.82, 2.24) is 4.90 Å². The van der Waals surface area contributed by atoms with Gasteiger partial charge in [0.25, 0.3) is 0 Å². The van der Waals surface area contributed by atoms with Crippen molar-refractivity contribution in [3.8, 4) is 5.75 Å². The van der Waals surface area contributed by atoms with Crippen molar-refractivity contribution in [3.63, 3.8) is 0 Å². The third kappa shape index (κ3) is 6.63. The SMILES string of the molecule is CC(C)(C)OC(=O)N1CCC[C@H](C(=O)Nc2cccc(OC[C@H]3CCCO3)c2)C1. The van der Waals surface area contributed by atoms with Crippen LogP contribution in [0.4, 0.5) is 10.5 Å². The van der Waals surface area contributed by atoms with Crippen LogP contribution in [-0.4, -0.2) is 54.9 Å². The van der Waals surface area contributed by atoms with Gasteiger partial charge < -0.3 is 24.4 Å². The van der Waals surface area contributed by atoms with Crippen LogP contribution in [0.2, 0.25) is 0 Å². The number of nitrogens with one attached hydrogen (secondary N) is 1. The van der Waals surface area contributed by atoms with Crippen LogP contribution in [0.1, 0.15) is 46.5 Å². The molecule has 0 aromatic heterocycles. The minimum absolute atomic E-state index is 0.0884. The van der Waals surface area contributed by atoms with Crippen molar-refractivity contribution >= 4 is 17.7 Å². The minimum Gasteiger partial charge on any atom is -0.491 e. The smallest absolute Gasteiger partial charge is 0.410 e. The largest absolute Gasteiger partial charge is 0.491 e. The fourth-order valence-corrected chi connectivity index (χ4v) is 3.56. The monoisotopic (exact) mass is 404 g/mol. The number of anilines is 1. The van der Waals surface area contributed by atoms with E-state index in [0.29, 0.717) is 31.1 Å². The lowest BCUT2D eigenvalue weighted by Gasteiger charge is -2.33. The maximum atomic E-state index is 12.7. The molecule has 2 fully saturated rings.